The normalized spacial score (nSPS) is 21.1. The third kappa shape index (κ3) is 1.69. The monoisotopic (exact) mass is 233 g/mol. The molecule has 0 spiro atoms. The van der Waals surface area contributed by atoms with Gasteiger partial charge in [0.2, 0.25) is 0 Å². The van der Waals surface area contributed by atoms with Gasteiger partial charge in [0.05, 0.1) is 13.7 Å². The summed E-state index contributed by atoms with van der Waals surface area (Å²) in [6, 6.07) is 4.28. The molecule has 3 rings (SSSR count). The molecule has 0 amide bonds. The molecule has 92 valence electrons. The number of hydrogen-bond acceptors (Lipinski definition) is 3. The number of benzene rings is 1. The Bertz CT molecular complexity index is 436. The molecule has 1 aromatic rings. The molecule has 0 aromatic heterocycles. The van der Waals surface area contributed by atoms with E-state index in [1.807, 2.05) is 0 Å². The van der Waals surface area contributed by atoms with Crippen LogP contribution in [0.25, 0.3) is 0 Å². The summed E-state index contributed by atoms with van der Waals surface area (Å²) in [4.78, 5) is 0. The molecule has 3 heteroatoms. The van der Waals surface area contributed by atoms with Crippen LogP contribution in [-0.4, -0.2) is 13.7 Å². The van der Waals surface area contributed by atoms with Gasteiger partial charge in [0.25, 0.3) is 0 Å². The zero-order valence-corrected chi connectivity index (χ0v) is 10.3. The van der Waals surface area contributed by atoms with E-state index >= 15 is 0 Å². The molecule has 0 radical (unpaired) electrons. The molecule has 2 N–H and O–H groups in total. The number of fused-ring (bicyclic) bond motifs is 1. The second-order valence-corrected chi connectivity index (χ2v) is 5.13. The summed E-state index contributed by atoms with van der Waals surface area (Å²) in [5.41, 5.74) is 8.82. The first-order valence-corrected chi connectivity index (χ1v) is 6.36. The Hall–Kier alpha value is -1.22. The Morgan fingerprint density at radius 2 is 2.06 bits per heavy atom. The van der Waals surface area contributed by atoms with Gasteiger partial charge in [-0.05, 0) is 30.5 Å². The SMILES string of the molecule is COc1cc(C2(N)CCCC2)cc2c1OCC2. The average molecular weight is 233 g/mol. The van der Waals surface area contributed by atoms with Crippen molar-refractivity contribution in [3.8, 4) is 11.5 Å². The smallest absolute Gasteiger partial charge is 0.164 e. The van der Waals surface area contributed by atoms with Crippen LogP contribution in [0.3, 0.4) is 0 Å². The highest BCUT2D eigenvalue weighted by atomic mass is 16.5. The summed E-state index contributed by atoms with van der Waals surface area (Å²) in [5.74, 6) is 1.75. The first kappa shape index (κ1) is 10.9. The van der Waals surface area contributed by atoms with Crippen molar-refractivity contribution in [3.63, 3.8) is 0 Å². The van der Waals surface area contributed by atoms with Gasteiger partial charge in [0, 0.05) is 17.5 Å². The largest absolute Gasteiger partial charge is 0.493 e. The number of ether oxygens (including phenoxy) is 2. The number of rotatable bonds is 2. The van der Waals surface area contributed by atoms with Crippen LogP contribution < -0.4 is 15.2 Å². The van der Waals surface area contributed by atoms with Gasteiger partial charge in [-0.3, -0.25) is 0 Å². The van der Waals surface area contributed by atoms with E-state index in [9.17, 15) is 0 Å². The second kappa shape index (κ2) is 3.91. The van der Waals surface area contributed by atoms with E-state index in [4.69, 9.17) is 15.2 Å². The van der Waals surface area contributed by atoms with E-state index in [1.54, 1.807) is 7.11 Å². The summed E-state index contributed by atoms with van der Waals surface area (Å²) in [6.45, 7) is 0.757. The minimum Gasteiger partial charge on any atom is -0.493 e. The molecule has 2 aliphatic rings. The minimum atomic E-state index is -0.148. The fourth-order valence-corrected chi connectivity index (χ4v) is 3.01. The summed E-state index contributed by atoms with van der Waals surface area (Å²) >= 11 is 0. The van der Waals surface area contributed by atoms with Crippen LogP contribution >= 0.6 is 0 Å². The van der Waals surface area contributed by atoms with E-state index in [0.29, 0.717) is 0 Å². The van der Waals surface area contributed by atoms with E-state index in [2.05, 4.69) is 12.1 Å². The first-order valence-electron chi connectivity index (χ1n) is 6.36. The molecule has 3 nitrogen and oxygen atoms in total. The molecule has 17 heavy (non-hydrogen) atoms. The lowest BCUT2D eigenvalue weighted by atomic mass is 9.88. The molecule has 1 saturated carbocycles. The summed E-state index contributed by atoms with van der Waals surface area (Å²) < 4.78 is 11.0. The third-order valence-corrected chi connectivity index (χ3v) is 4.04. The van der Waals surface area contributed by atoms with Crippen LogP contribution in [0.5, 0.6) is 11.5 Å². The Labute approximate surface area is 102 Å². The quantitative estimate of drug-likeness (QED) is 0.852. The summed E-state index contributed by atoms with van der Waals surface area (Å²) in [6.07, 6.45) is 5.58. The number of nitrogens with two attached hydrogens (primary N) is 1. The molecule has 1 heterocycles. The molecule has 1 fully saturated rings. The Morgan fingerprint density at radius 1 is 1.29 bits per heavy atom. The Kier molecular flexibility index (Phi) is 2.51. The summed E-state index contributed by atoms with van der Waals surface area (Å²) in [7, 11) is 1.69. The van der Waals surface area contributed by atoms with Gasteiger partial charge in [-0.25, -0.2) is 0 Å². The summed E-state index contributed by atoms with van der Waals surface area (Å²) in [5, 5.41) is 0. The highest BCUT2D eigenvalue weighted by molar-refractivity contribution is 5.53. The van der Waals surface area contributed by atoms with Crippen LogP contribution in [0.4, 0.5) is 0 Å². The van der Waals surface area contributed by atoms with Crippen LogP contribution in [0, 0.1) is 0 Å². The van der Waals surface area contributed by atoms with E-state index in [-0.39, 0.29) is 5.54 Å². The average Bonchev–Trinajstić information content (AvgIpc) is 2.96. The van der Waals surface area contributed by atoms with Crippen molar-refractivity contribution in [1.82, 2.24) is 0 Å². The first-order chi connectivity index (χ1) is 8.23. The molecule has 1 aliphatic carbocycles. The molecule has 0 unspecified atom stereocenters. The van der Waals surface area contributed by atoms with Crippen molar-refractivity contribution >= 4 is 0 Å². The van der Waals surface area contributed by atoms with Crippen molar-refractivity contribution < 1.29 is 9.47 Å². The number of hydrogen-bond donors (Lipinski definition) is 1. The standard InChI is InChI=1S/C14H19NO2/c1-16-12-9-11(14(15)5-2-3-6-14)8-10-4-7-17-13(10)12/h8-9H,2-7,15H2,1H3. The van der Waals surface area contributed by atoms with E-state index < -0.39 is 0 Å². The van der Waals surface area contributed by atoms with Crippen LogP contribution in [0.15, 0.2) is 12.1 Å². The van der Waals surface area contributed by atoms with Crippen LogP contribution in [0.2, 0.25) is 0 Å². The van der Waals surface area contributed by atoms with Gasteiger partial charge in [0.15, 0.2) is 11.5 Å². The molecular formula is C14H19NO2. The predicted octanol–water partition coefficient (Wildman–Crippen LogP) is 2.36. The second-order valence-electron chi connectivity index (χ2n) is 5.13. The molecule has 1 aromatic carbocycles. The van der Waals surface area contributed by atoms with Crippen molar-refractivity contribution in [2.75, 3.05) is 13.7 Å². The zero-order chi connectivity index (χ0) is 11.9. The zero-order valence-electron chi connectivity index (χ0n) is 10.3. The highest BCUT2D eigenvalue weighted by Crippen LogP contribution is 2.43. The lowest BCUT2D eigenvalue weighted by Gasteiger charge is -2.25. The third-order valence-electron chi connectivity index (χ3n) is 4.04. The fraction of sp³-hybridized carbons (Fsp3) is 0.571. The van der Waals surface area contributed by atoms with Crippen LogP contribution in [0.1, 0.15) is 36.8 Å². The maximum atomic E-state index is 6.50. The molecule has 1 aliphatic heterocycles. The Balaban J connectivity index is 2.06. The Morgan fingerprint density at radius 3 is 2.76 bits per heavy atom. The van der Waals surface area contributed by atoms with Gasteiger partial charge >= 0.3 is 0 Å². The van der Waals surface area contributed by atoms with Crippen molar-refractivity contribution in [1.29, 1.82) is 0 Å². The van der Waals surface area contributed by atoms with Gasteiger partial charge < -0.3 is 15.2 Å². The molecular weight excluding hydrogens is 214 g/mol. The number of methoxy groups -OCH3 is 1. The lowest BCUT2D eigenvalue weighted by Crippen LogP contribution is -2.33. The van der Waals surface area contributed by atoms with Gasteiger partial charge in [-0.15, -0.1) is 0 Å². The minimum absolute atomic E-state index is 0.148. The van der Waals surface area contributed by atoms with Crippen molar-refractivity contribution in [2.45, 2.75) is 37.6 Å². The highest BCUT2D eigenvalue weighted by Gasteiger charge is 2.33. The fourth-order valence-electron chi connectivity index (χ4n) is 3.01. The topological polar surface area (TPSA) is 44.5 Å². The van der Waals surface area contributed by atoms with Crippen molar-refractivity contribution in [2.24, 2.45) is 5.73 Å². The molecule has 0 saturated heterocycles. The van der Waals surface area contributed by atoms with Gasteiger partial charge in [-0.1, -0.05) is 12.8 Å². The molecule has 0 bridgehead atoms. The molecule has 0 atom stereocenters. The predicted molar refractivity (Wildman–Crippen MR) is 66.5 cm³/mol. The maximum absolute atomic E-state index is 6.50. The lowest BCUT2D eigenvalue weighted by molar-refractivity contribution is 0.325. The van der Waals surface area contributed by atoms with Gasteiger partial charge in [0.1, 0.15) is 0 Å². The van der Waals surface area contributed by atoms with Crippen LogP contribution in [-0.2, 0) is 12.0 Å². The van der Waals surface area contributed by atoms with E-state index in [1.165, 1.54) is 24.0 Å². The van der Waals surface area contributed by atoms with Crippen molar-refractivity contribution in [3.05, 3.63) is 23.3 Å². The van der Waals surface area contributed by atoms with Gasteiger partial charge in [-0.2, -0.15) is 0 Å². The maximum Gasteiger partial charge on any atom is 0.164 e. The van der Waals surface area contributed by atoms with E-state index in [0.717, 1.165) is 37.4 Å².